The molecule has 0 aliphatic carbocycles. The minimum Gasteiger partial charge on any atom is -0.502 e. The molecule has 0 atom stereocenters. The molecule has 0 saturated carbocycles. The number of phenolic OH excluding ortho intramolecular Hbond substituents is 1. The summed E-state index contributed by atoms with van der Waals surface area (Å²) in [6.07, 6.45) is 1.49. The number of hydrogen-bond donors (Lipinski definition) is 2. The zero-order chi connectivity index (χ0) is 18.0. The Kier molecular flexibility index (Phi) is 4.30. The van der Waals surface area contributed by atoms with Crippen LogP contribution < -0.4 is 19.7 Å². The molecule has 2 aromatic rings. The van der Waals surface area contributed by atoms with Gasteiger partial charge >= 0.3 is 6.03 Å². The Balaban J connectivity index is 1.98. The number of anilines is 1. The molecule has 1 heterocycles. The molecular weight excluding hydrogens is 324 g/mol. The first kappa shape index (κ1) is 16.4. The summed E-state index contributed by atoms with van der Waals surface area (Å²) in [5.74, 6) is -0.215. The highest BCUT2D eigenvalue weighted by atomic mass is 16.5. The van der Waals surface area contributed by atoms with Crippen molar-refractivity contribution in [3.8, 4) is 17.2 Å². The number of urea groups is 1. The molecule has 128 valence electrons. The summed E-state index contributed by atoms with van der Waals surface area (Å²) in [6, 6.07) is 11.2. The smallest absolute Gasteiger partial charge is 0.333 e. The Morgan fingerprint density at radius 1 is 1.04 bits per heavy atom. The second-order valence-electron chi connectivity index (χ2n) is 5.24. The zero-order valence-corrected chi connectivity index (χ0v) is 13.6. The largest absolute Gasteiger partial charge is 0.502 e. The number of para-hydroxylation sites is 1. The van der Waals surface area contributed by atoms with E-state index < -0.39 is 11.9 Å². The number of carbonyl (C=O) groups is 2. The van der Waals surface area contributed by atoms with Gasteiger partial charge in [0, 0.05) is 0 Å². The summed E-state index contributed by atoms with van der Waals surface area (Å²) in [7, 11) is 2.82. The summed E-state index contributed by atoms with van der Waals surface area (Å²) in [6.45, 7) is 0. The van der Waals surface area contributed by atoms with Gasteiger partial charge in [0.15, 0.2) is 11.5 Å². The Hall–Kier alpha value is -3.48. The van der Waals surface area contributed by atoms with E-state index in [4.69, 9.17) is 9.47 Å². The lowest BCUT2D eigenvalue weighted by atomic mass is 10.1. The topological polar surface area (TPSA) is 88.1 Å². The number of ether oxygens (including phenoxy) is 2. The molecule has 0 bridgehead atoms. The first-order chi connectivity index (χ1) is 12.0. The maximum atomic E-state index is 12.6. The van der Waals surface area contributed by atoms with Gasteiger partial charge in [-0.05, 0) is 35.9 Å². The molecule has 1 aliphatic rings. The minimum atomic E-state index is -0.528. The fourth-order valence-electron chi connectivity index (χ4n) is 2.51. The van der Waals surface area contributed by atoms with Gasteiger partial charge in [0.25, 0.3) is 5.91 Å². The average Bonchev–Trinajstić information content (AvgIpc) is 2.90. The van der Waals surface area contributed by atoms with Gasteiger partial charge in [-0.25, -0.2) is 9.69 Å². The van der Waals surface area contributed by atoms with Crippen LogP contribution in [0.3, 0.4) is 0 Å². The molecule has 25 heavy (non-hydrogen) atoms. The van der Waals surface area contributed by atoms with Gasteiger partial charge in [0.1, 0.15) is 5.70 Å². The molecular formula is C18H16N2O5. The minimum absolute atomic E-state index is 0.114. The lowest BCUT2D eigenvalue weighted by Gasteiger charge is -2.11. The maximum Gasteiger partial charge on any atom is 0.333 e. The Bertz CT molecular complexity index is 836. The van der Waals surface area contributed by atoms with E-state index >= 15 is 0 Å². The Morgan fingerprint density at radius 3 is 2.20 bits per heavy atom. The van der Waals surface area contributed by atoms with Crippen molar-refractivity contribution in [2.75, 3.05) is 19.1 Å². The number of phenols is 1. The van der Waals surface area contributed by atoms with Gasteiger partial charge in [-0.2, -0.15) is 0 Å². The summed E-state index contributed by atoms with van der Waals surface area (Å²) in [5.41, 5.74) is 1.13. The van der Waals surface area contributed by atoms with E-state index in [0.717, 1.165) is 4.90 Å². The van der Waals surface area contributed by atoms with Gasteiger partial charge < -0.3 is 19.9 Å². The third-order valence-corrected chi connectivity index (χ3v) is 3.71. The third-order valence-electron chi connectivity index (χ3n) is 3.71. The molecule has 3 amide bonds. The first-order valence-corrected chi connectivity index (χ1v) is 7.42. The van der Waals surface area contributed by atoms with Crippen molar-refractivity contribution in [3.05, 3.63) is 53.7 Å². The molecule has 3 rings (SSSR count). The van der Waals surface area contributed by atoms with E-state index in [0.29, 0.717) is 11.3 Å². The van der Waals surface area contributed by atoms with Crippen LogP contribution in [0.15, 0.2) is 48.2 Å². The maximum absolute atomic E-state index is 12.6. The van der Waals surface area contributed by atoms with E-state index in [1.54, 1.807) is 30.3 Å². The molecule has 0 radical (unpaired) electrons. The first-order valence-electron chi connectivity index (χ1n) is 7.42. The van der Waals surface area contributed by atoms with Crippen LogP contribution in [0.4, 0.5) is 10.5 Å². The molecule has 7 heteroatoms. The number of nitrogens with one attached hydrogen (secondary N) is 1. The average molecular weight is 340 g/mol. The lowest BCUT2D eigenvalue weighted by molar-refractivity contribution is -0.113. The van der Waals surface area contributed by atoms with Gasteiger partial charge in [-0.3, -0.25) is 4.79 Å². The van der Waals surface area contributed by atoms with Gasteiger partial charge in [0.05, 0.1) is 19.9 Å². The normalized spacial score (nSPS) is 15.4. The second kappa shape index (κ2) is 6.56. The predicted octanol–water partition coefficient (Wildman–Crippen LogP) is 2.51. The number of aromatic hydroxyl groups is 1. The number of benzene rings is 2. The van der Waals surface area contributed by atoms with Crippen LogP contribution in [0.5, 0.6) is 17.2 Å². The van der Waals surface area contributed by atoms with Crippen molar-refractivity contribution in [2.45, 2.75) is 0 Å². The highest BCUT2D eigenvalue weighted by molar-refractivity contribution is 6.28. The van der Waals surface area contributed by atoms with Gasteiger partial charge in [0.2, 0.25) is 5.75 Å². The summed E-state index contributed by atoms with van der Waals surface area (Å²) in [5, 5.41) is 12.5. The predicted molar refractivity (Wildman–Crippen MR) is 91.6 cm³/mol. The molecule has 7 nitrogen and oxygen atoms in total. The Labute approximate surface area is 144 Å². The van der Waals surface area contributed by atoms with E-state index in [1.165, 1.54) is 32.4 Å². The van der Waals surface area contributed by atoms with E-state index in [9.17, 15) is 14.7 Å². The Morgan fingerprint density at radius 2 is 1.64 bits per heavy atom. The van der Waals surface area contributed by atoms with Crippen molar-refractivity contribution in [3.63, 3.8) is 0 Å². The third kappa shape index (κ3) is 2.99. The van der Waals surface area contributed by atoms with Crippen molar-refractivity contribution in [2.24, 2.45) is 0 Å². The van der Waals surface area contributed by atoms with Crippen LogP contribution in [0.2, 0.25) is 0 Å². The number of rotatable bonds is 4. The fourth-order valence-corrected chi connectivity index (χ4v) is 2.51. The van der Waals surface area contributed by atoms with Crippen LogP contribution in [-0.4, -0.2) is 31.3 Å². The van der Waals surface area contributed by atoms with Crippen molar-refractivity contribution >= 4 is 23.7 Å². The highest BCUT2D eigenvalue weighted by Crippen LogP contribution is 2.37. The second-order valence-corrected chi connectivity index (χ2v) is 5.24. The van der Waals surface area contributed by atoms with Gasteiger partial charge in [-0.1, -0.05) is 18.2 Å². The van der Waals surface area contributed by atoms with Crippen LogP contribution in [0.1, 0.15) is 5.56 Å². The van der Waals surface area contributed by atoms with E-state index in [1.807, 2.05) is 0 Å². The number of nitrogens with zero attached hydrogens (tertiary/aromatic N) is 1. The molecule has 1 aliphatic heterocycles. The number of amides is 3. The summed E-state index contributed by atoms with van der Waals surface area (Å²) in [4.78, 5) is 25.8. The van der Waals surface area contributed by atoms with E-state index in [2.05, 4.69) is 5.32 Å². The zero-order valence-electron chi connectivity index (χ0n) is 13.6. The molecule has 2 N–H and O–H groups in total. The van der Waals surface area contributed by atoms with Crippen LogP contribution in [0.25, 0.3) is 6.08 Å². The molecule has 2 aromatic carbocycles. The van der Waals surface area contributed by atoms with Crippen LogP contribution in [-0.2, 0) is 4.79 Å². The number of imide groups is 1. The SMILES string of the molecule is COc1cc(/C=C2\NC(=O)N(c3ccccc3)C2=O)cc(OC)c1O. The number of methoxy groups -OCH3 is 2. The molecule has 0 unspecified atom stereocenters. The number of carbonyl (C=O) groups excluding carboxylic acids is 2. The van der Waals surface area contributed by atoms with Crippen molar-refractivity contribution in [1.29, 1.82) is 0 Å². The molecule has 0 spiro atoms. The molecule has 1 saturated heterocycles. The fraction of sp³-hybridized carbons (Fsp3) is 0.111. The molecule has 1 fully saturated rings. The monoisotopic (exact) mass is 340 g/mol. The standard InChI is InChI=1S/C18H16N2O5/c1-24-14-9-11(10-15(25-2)16(14)21)8-13-17(22)20(18(23)19-13)12-6-4-3-5-7-12/h3-10,21H,1-2H3,(H,19,23)/b13-8-. The van der Waals surface area contributed by atoms with E-state index in [-0.39, 0.29) is 22.9 Å². The molecule has 0 aromatic heterocycles. The van der Waals surface area contributed by atoms with Crippen LogP contribution >= 0.6 is 0 Å². The summed E-state index contributed by atoms with van der Waals surface area (Å²) >= 11 is 0. The quantitative estimate of drug-likeness (QED) is 0.659. The lowest BCUT2D eigenvalue weighted by Crippen LogP contribution is -2.30. The van der Waals surface area contributed by atoms with Crippen LogP contribution in [0, 0.1) is 0 Å². The van der Waals surface area contributed by atoms with Crippen molar-refractivity contribution < 1.29 is 24.2 Å². The van der Waals surface area contributed by atoms with Crippen molar-refractivity contribution in [1.82, 2.24) is 5.32 Å². The summed E-state index contributed by atoms with van der Waals surface area (Å²) < 4.78 is 10.2. The number of hydrogen-bond acceptors (Lipinski definition) is 5. The highest BCUT2D eigenvalue weighted by Gasteiger charge is 2.34. The van der Waals surface area contributed by atoms with Gasteiger partial charge in [-0.15, -0.1) is 0 Å².